The number of rotatable bonds is 5. The van der Waals surface area contributed by atoms with Gasteiger partial charge in [0.1, 0.15) is 23.1 Å². The van der Waals surface area contributed by atoms with Crippen LogP contribution in [0.4, 0.5) is 0 Å². The highest BCUT2D eigenvalue weighted by atomic mass is 32.2. The summed E-state index contributed by atoms with van der Waals surface area (Å²) in [6, 6.07) is 13.0. The van der Waals surface area contributed by atoms with Crippen molar-refractivity contribution in [1.82, 2.24) is 14.2 Å². The van der Waals surface area contributed by atoms with Crippen LogP contribution in [0.25, 0.3) is 11.0 Å². The van der Waals surface area contributed by atoms with Crippen LogP contribution in [0.3, 0.4) is 0 Å². The molecular formula is C22H24N4O5S. The fraction of sp³-hybridized carbons (Fsp3) is 0.364. The van der Waals surface area contributed by atoms with Crippen LogP contribution in [0.2, 0.25) is 0 Å². The van der Waals surface area contributed by atoms with Crippen LogP contribution in [0.1, 0.15) is 24.0 Å². The average molecular weight is 457 g/mol. The molecule has 9 nitrogen and oxygen atoms in total. The minimum atomic E-state index is -3.21. The lowest BCUT2D eigenvalue weighted by Crippen LogP contribution is -2.50. The number of sulfonamides is 1. The number of hydrazone groups is 1. The monoisotopic (exact) mass is 456 g/mol. The molecule has 1 fully saturated rings. The van der Waals surface area contributed by atoms with Crippen LogP contribution in [-0.4, -0.2) is 73.2 Å². The molecule has 0 radical (unpaired) electrons. The summed E-state index contributed by atoms with van der Waals surface area (Å²) in [5, 5.41) is 7.08. The van der Waals surface area contributed by atoms with E-state index in [0.29, 0.717) is 49.8 Å². The van der Waals surface area contributed by atoms with E-state index in [9.17, 15) is 13.2 Å². The van der Waals surface area contributed by atoms with Crippen LogP contribution >= 0.6 is 0 Å². The summed E-state index contributed by atoms with van der Waals surface area (Å²) in [6.45, 7) is 1.91. The molecule has 0 bridgehead atoms. The van der Waals surface area contributed by atoms with Gasteiger partial charge in [0.2, 0.25) is 10.0 Å². The second kappa shape index (κ2) is 8.19. The van der Waals surface area contributed by atoms with Crippen molar-refractivity contribution in [2.75, 3.05) is 39.0 Å². The lowest BCUT2D eigenvalue weighted by atomic mass is 10.1. The number of carbonyl (C=O) groups excluding carboxylic acids is 1. The molecule has 2 aliphatic rings. The Balaban J connectivity index is 1.35. The van der Waals surface area contributed by atoms with Crippen LogP contribution in [0.5, 0.6) is 0 Å². The molecule has 5 rings (SSSR count). The standard InChI is InChI=1S/C22H24N4O5S/c1-32(28,29)25-10-8-24(9-11-25)15-22(27)26-18(20-7-4-12-30-20)14-17(23-26)21-13-16-5-2-3-6-19(16)31-21/h2-7,12-13,18H,8-11,14-15H2,1H3/t18-/m1/s1. The Labute approximate surface area is 185 Å². The SMILES string of the molecule is CS(=O)(=O)N1CCN(CC(=O)N2N=C(c3cc4ccccc4o3)C[C@@H]2c2ccco2)CC1. The fourth-order valence-electron chi connectivity index (χ4n) is 4.20. The van der Waals surface area contributed by atoms with Crippen LogP contribution < -0.4 is 0 Å². The predicted molar refractivity (Wildman–Crippen MR) is 119 cm³/mol. The van der Waals surface area contributed by atoms with Gasteiger partial charge in [0.25, 0.3) is 5.91 Å². The summed E-state index contributed by atoms with van der Waals surface area (Å²) in [5.41, 5.74) is 1.46. The van der Waals surface area contributed by atoms with Gasteiger partial charge in [-0.1, -0.05) is 18.2 Å². The lowest BCUT2D eigenvalue weighted by molar-refractivity contribution is -0.134. The smallest absolute Gasteiger partial charge is 0.257 e. The van der Waals surface area contributed by atoms with Crippen molar-refractivity contribution >= 4 is 32.6 Å². The van der Waals surface area contributed by atoms with Gasteiger partial charge in [-0.05, 0) is 24.3 Å². The van der Waals surface area contributed by atoms with E-state index in [1.165, 1.54) is 15.6 Å². The van der Waals surface area contributed by atoms with Crippen LogP contribution in [0.15, 0.2) is 62.7 Å². The third-order valence-electron chi connectivity index (χ3n) is 5.91. The number of nitrogens with zero attached hydrogens (tertiary/aromatic N) is 4. The molecule has 0 unspecified atom stereocenters. The van der Waals surface area contributed by atoms with E-state index in [1.54, 1.807) is 12.3 Å². The molecule has 0 aliphatic carbocycles. The summed E-state index contributed by atoms with van der Waals surface area (Å²) in [5.74, 6) is 1.14. The summed E-state index contributed by atoms with van der Waals surface area (Å²) in [7, 11) is -3.21. The van der Waals surface area contributed by atoms with Gasteiger partial charge in [-0.15, -0.1) is 0 Å². The Morgan fingerprint density at radius 2 is 1.91 bits per heavy atom. The minimum absolute atomic E-state index is 0.158. The van der Waals surface area contributed by atoms with E-state index in [2.05, 4.69) is 5.10 Å². The van der Waals surface area contributed by atoms with E-state index in [-0.39, 0.29) is 18.5 Å². The minimum Gasteiger partial charge on any atom is -0.467 e. The lowest BCUT2D eigenvalue weighted by Gasteiger charge is -2.33. The van der Waals surface area contributed by atoms with Gasteiger partial charge in [0, 0.05) is 38.0 Å². The first-order chi connectivity index (χ1) is 15.4. The van der Waals surface area contributed by atoms with Crippen molar-refractivity contribution in [2.45, 2.75) is 12.5 Å². The van der Waals surface area contributed by atoms with E-state index in [0.717, 1.165) is 11.0 Å². The number of benzene rings is 1. The fourth-order valence-corrected chi connectivity index (χ4v) is 5.03. The molecule has 0 saturated carbocycles. The summed E-state index contributed by atoms with van der Waals surface area (Å²) in [6.07, 6.45) is 3.28. The number of amides is 1. The normalized spacial score (nSPS) is 20.7. The molecule has 10 heteroatoms. The molecule has 1 saturated heterocycles. The molecule has 2 aromatic heterocycles. The van der Waals surface area contributed by atoms with Crippen LogP contribution in [0, 0.1) is 0 Å². The molecule has 1 amide bonds. The van der Waals surface area contributed by atoms with E-state index >= 15 is 0 Å². The number of para-hydroxylation sites is 1. The topological polar surface area (TPSA) is 99.6 Å². The first kappa shape index (κ1) is 20.9. The highest BCUT2D eigenvalue weighted by molar-refractivity contribution is 7.88. The maximum Gasteiger partial charge on any atom is 0.257 e. The first-order valence-electron chi connectivity index (χ1n) is 10.5. The average Bonchev–Trinajstić information content (AvgIpc) is 3.51. The number of hydrogen-bond donors (Lipinski definition) is 0. The van der Waals surface area contributed by atoms with Gasteiger partial charge < -0.3 is 8.83 Å². The summed E-state index contributed by atoms with van der Waals surface area (Å²) in [4.78, 5) is 15.2. The quantitative estimate of drug-likeness (QED) is 0.584. The molecule has 32 heavy (non-hydrogen) atoms. The Hall–Kier alpha value is -2.95. The zero-order valence-corrected chi connectivity index (χ0v) is 18.5. The Kier molecular flexibility index (Phi) is 5.36. The van der Waals surface area contributed by atoms with Crippen molar-refractivity contribution in [3.63, 3.8) is 0 Å². The molecule has 1 atom stereocenters. The molecule has 0 N–H and O–H groups in total. The molecule has 3 aromatic rings. The van der Waals surface area contributed by atoms with E-state index in [4.69, 9.17) is 8.83 Å². The molecule has 4 heterocycles. The van der Waals surface area contributed by atoms with Crippen molar-refractivity contribution < 1.29 is 22.0 Å². The van der Waals surface area contributed by atoms with E-state index in [1.807, 2.05) is 41.3 Å². The zero-order valence-electron chi connectivity index (χ0n) is 17.7. The molecule has 2 aliphatic heterocycles. The van der Waals surface area contributed by atoms with Gasteiger partial charge in [-0.3, -0.25) is 9.69 Å². The molecule has 0 spiro atoms. The summed E-state index contributed by atoms with van der Waals surface area (Å²) < 4.78 is 36.5. The number of fused-ring (bicyclic) bond motifs is 1. The maximum absolute atomic E-state index is 13.2. The van der Waals surface area contributed by atoms with Crippen molar-refractivity contribution in [3.05, 3.63) is 60.2 Å². The number of piperazine rings is 1. The Morgan fingerprint density at radius 3 is 2.59 bits per heavy atom. The molecule has 168 valence electrons. The van der Waals surface area contributed by atoms with Crippen molar-refractivity contribution in [3.8, 4) is 0 Å². The first-order valence-corrected chi connectivity index (χ1v) is 12.3. The predicted octanol–water partition coefficient (Wildman–Crippen LogP) is 2.28. The largest absolute Gasteiger partial charge is 0.467 e. The number of carbonyl (C=O) groups is 1. The molecular weight excluding hydrogens is 432 g/mol. The van der Waals surface area contributed by atoms with Gasteiger partial charge in [0.15, 0.2) is 5.76 Å². The third-order valence-corrected chi connectivity index (χ3v) is 7.21. The van der Waals surface area contributed by atoms with Gasteiger partial charge >= 0.3 is 0 Å². The second-order valence-electron chi connectivity index (χ2n) is 8.11. The van der Waals surface area contributed by atoms with Gasteiger partial charge in [0.05, 0.1) is 19.1 Å². The second-order valence-corrected chi connectivity index (χ2v) is 10.1. The number of hydrogen-bond acceptors (Lipinski definition) is 7. The third kappa shape index (κ3) is 4.08. The van der Waals surface area contributed by atoms with Crippen molar-refractivity contribution in [2.24, 2.45) is 5.10 Å². The maximum atomic E-state index is 13.2. The van der Waals surface area contributed by atoms with E-state index < -0.39 is 10.0 Å². The summed E-state index contributed by atoms with van der Waals surface area (Å²) >= 11 is 0. The highest BCUT2D eigenvalue weighted by Gasteiger charge is 2.37. The molecule has 1 aromatic carbocycles. The Bertz CT molecular complexity index is 1220. The Morgan fingerprint density at radius 1 is 1.12 bits per heavy atom. The van der Waals surface area contributed by atoms with Crippen molar-refractivity contribution in [1.29, 1.82) is 0 Å². The van der Waals surface area contributed by atoms with Crippen LogP contribution in [-0.2, 0) is 14.8 Å². The van der Waals surface area contributed by atoms with Gasteiger partial charge in [-0.2, -0.15) is 9.41 Å². The highest BCUT2D eigenvalue weighted by Crippen LogP contribution is 2.34. The number of furan rings is 2. The van der Waals surface area contributed by atoms with Gasteiger partial charge in [-0.25, -0.2) is 13.4 Å². The zero-order chi connectivity index (χ0) is 22.3.